The molecule has 0 saturated carbocycles. The number of aliphatic hydroxyl groups is 1. The largest absolute Gasteiger partial charge is 0.396 e. The molecule has 1 saturated heterocycles. The van der Waals surface area contributed by atoms with Crippen molar-refractivity contribution in [2.45, 2.75) is 19.9 Å². The maximum absolute atomic E-state index is 9.03. The van der Waals surface area contributed by atoms with Crippen LogP contribution < -0.4 is 5.32 Å². The normalized spacial score (nSPS) is 23.2. The van der Waals surface area contributed by atoms with E-state index in [4.69, 9.17) is 5.11 Å². The first-order chi connectivity index (χ1) is 7.63. The molecule has 1 aliphatic rings. The fraction of sp³-hybridized carbons (Fsp3) is 1.00. The zero-order valence-electron chi connectivity index (χ0n) is 10.9. The zero-order chi connectivity index (χ0) is 12.0. The van der Waals surface area contributed by atoms with Crippen LogP contribution in [0.5, 0.6) is 0 Å². The second-order valence-electron chi connectivity index (χ2n) is 5.05. The van der Waals surface area contributed by atoms with E-state index in [-0.39, 0.29) is 6.61 Å². The lowest BCUT2D eigenvalue weighted by Gasteiger charge is -2.32. The molecular weight excluding hydrogens is 202 g/mol. The van der Waals surface area contributed by atoms with Crippen LogP contribution in [0.4, 0.5) is 0 Å². The summed E-state index contributed by atoms with van der Waals surface area (Å²) in [6.45, 7) is 11.4. The van der Waals surface area contributed by atoms with Gasteiger partial charge in [-0.15, -0.1) is 0 Å². The van der Waals surface area contributed by atoms with Crippen molar-refractivity contribution in [1.82, 2.24) is 15.1 Å². The fourth-order valence-electron chi connectivity index (χ4n) is 1.88. The van der Waals surface area contributed by atoms with E-state index in [0.717, 1.165) is 13.1 Å². The SMILES string of the molecule is CC(CO)C(C)NCCN1CCN(C)CC1. The van der Waals surface area contributed by atoms with Crippen molar-refractivity contribution in [3.05, 3.63) is 0 Å². The van der Waals surface area contributed by atoms with Crippen LogP contribution in [-0.4, -0.2) is 73.9 Å². The quantitative estimate of drug-likeness (QED) is 0.664. The first kappa shape index (κ1) is 13.9. The number of nitrogens with one attached hydrogen (secondary N) is 1. The van der Waals surface area contributed by atoms with Crippen LogP contribution in [0.2, 0.25) is 0 Å². The number of rotatable bonds is 6. The second kappa shape index (κ2) is 7.22. The monoisotopic (exact) mass is 229 g/mol. The molecule has 4 heteroatoms. The van der Waals surface area contributed by atoms with Gasteiger partial charge in [-0.1, -0.05) is 6.92 Å². The van der Waals surface area contributed by atoms with Crippen molar-refractivity contribution in [3.8, 4) is 0 Å². The Balaban J connectivity index is 2.06. The molecule has 0 bridgehead atoms. The molecule has 0 aromatic heterocycles. The van der Waals surface area contributed by atoms with E-state index in [2.05, 4.69) is 36.0 Å². The van der Waals surface area contributed by atoms with Gasteiger partial charge in [0.15, 0.2) is 0 Å². The number of aliphatic hydroxyl groups excluding tert-OH is 1. The van der Waals surface area contributed by atoms with Crippen LogP contribution in [0.1, 0.15) is 13.8 Å². The van der Waals surface area contributed by atoms with Crippen LogP contribution in [-0.2, 0) is 0 Å². The Kier molecular flexibility index (Phi) is 6.28. The van der Waals surface area contributed by atoms with E-state index in [1.807, 2.05) is 0 Å². The summed E-state index contributed by atoms with van der Waals surface area (Å²) in [6.07, 6.45) is 0. The lowest BCUT2D eigenvalue weighted by molar-refractivity contribution is 0.150. The highest BCUT2D eigenvalue weighted by Crippen LogP contribution is 2.01. The van der Waals surface area contributed by atoms with Crippen molar-refractivity contribution in [2.75, 3.05) is 52.9 Å². The molecule has 0 aromatic rings. The Morgan fingerprint density at radius 3 is 2.38 bits per heavy atom. The Morgan fingerprint density at radius 2 is 1.81 bits per heavy atom. The molecule has 2 N–H and O–H groups in total. The molecule has 1 heterocycles. The summed E-state index contributed by atoms with van der Waals surface area (Å²) in [5, 5.41) is 12.5. The van der Waals surface area contributed by atoms with E-state index < -0.39 is 0 Å². The van der Waals surface area contributed by atoms with Crippen molar-refractivity contribution in [1.29, 1.82) is 0 Å². The summed E-state index contributed by atoms with van der Waals surface area (Å²) in [6, 6.07) is 0.400. The lowest BCUT2D eigenvalue weighted by atomic mass is 10.1. The van der Waals surface area contributed by atoms with Gasteiger partial charge in [0.1, 0.15) is 0 Å². The Hall–Kier alpha value is -0.160. The van der Waals surface area contributed by atoms with Crippen molar-refractivity contribution >= 4 is 0 Å². The van der Waals surface area contributed by atoms with E-state index in [0.29, 0.717) is 12.0 Å². The van der Waals surface area contributed by atoms with E-state index in [9.17, 15) is 0 Å². The minimum absolute atomic E-state index is 0.267. The first-order valence-electron chi connectivity index (χ1n) is 6.38. The number of piperazine rings is 1. The fourth-order valence-corrected chi connectivity index (χ4v) is 1.88. The topological polar surface area (TPSA) is 38.7 Å². The molecule has 1 fully saturated rings. The van der Waals surface area contributed by atoms with Crippen molar-refractivity contribution in [2.24, 2.45) is 5.92 Å². The molecule has 0 spiro atoms. The minimum atomic E-state index is 0.267. The number of hydrogen-bond donors (Lipinski definition) is 2. The Morgan fingerprint density at radius 1 is 1.19 bits per heavy atom. The maximum atomic E-state index is 9.03. The molecule has 1 aliphatic heterocycles. The van der Waals surface area contributed by atoms with E-state index in [1.165, 1.54) is 26.2 Å². The van der Waals surface area contributed by atoms with Crippen LogP contribution in [0.3, 0.4) is 0 Å². The highest BCUT2D eigenvalue weighted by molar-refractivity contribution is 4.72. The third-order valence-corrected chi connectivity index (χ3v) is 3.63. The van der Waals surface area contributed by atoms with Gasteiger partial charge in [-0.25, -0.2) is 0 Å². The molecule has 1 rings (SSSR count). The summed E-state index contributed by atoms with van der Waals surface area (Å²) in [5.41, 5.74) is 0. The number of hydrogen-bond acceptors (Lipinski definition) is 4. The van der Waals surface area contributed by atoms with Crippen LogP contribution >= 0.6 is 0 Å². The lowest BCUT2D eigenvalue weighted by Crippen LogP contribution is -2.47. The Bertz CT molecular complexity index is 181. The maximum Gasteiger partial charge on any atom is 0.0471 e. The van der Waals surface area contributed by atoms with Gasteiger partial charge in [-0.05, 0) is 19.9 Å². The molecule has 96 valence electrons. The van der Waals surface area contributed by atoms with Crippen LogP contribution in [0.15, 0.2) is 0 Å². The van der Waals surface area contributed by atoms with Gasteiger partial charge in [-0.3, -0.25) is 4.90 Å². The van der Waals surface area contributed by atoms with Crippen LogP contribution in [0, 0.1) is 5.92 Å². The van der Waals surface area contributed by atoms with Gasteiger partial charge in [-0.2, -0.15) is 0 Å². The number of nitrogens with zero attached hydrogens (tertiary/aromatic N) is 2. The zero-order valence-corrected chi connectivity index (χ0v) is 10.9. The molecule has 0 radical (unpaired) electrons. The third-order valence-electron chi connectivity index (χ3n) is 3.63. The predicted molar refractivity (Wildman–Crippen MR) is 67.7 cm³/mol. The Labute approximate surface area is 99.6 Å². The van der Waals surface area contributed by atoms with E-state index in [1.54, 1.807) is 0 Å². The molecule has 0 aliphatic carbocycles. The molecule has 0 amide bonds. The van der Waals surface area contributed by atoms with Crippen LogP contribution in [0.25, 0.3) is 0 Å². The molecule has 4 nitrogen and oxygen atoms in total. The van der Waals surface area contributed by atoms with Crippen molar-refractivity contribution < 1.29 is 5.11 Å². The highest BCUT2D eigenvalue weighted by atomic mass is 16.3. The van der Waals surface area contributed by atoms with Gasteiger partial charge in [0, 0.05) is 51.9 Å². The van der Waals surface area contributed by atoms with E-state index >= 15 is 0 Å². The van der Waals surface area contributed by atoms with Gasteiger partial charge < -0.3 is 15.3 Å². The van der Waals surface area contributed by atoms with Gasteiger partial charge in [0.05, 0.1) is 0 Å². The molecule has 16 heavy (non-hydrogen) atoms. The molecule has 0 aromatic carbocycles. The summed E-state index contributed by atoms with van der Waals surface area (Å²) in [7, 11) is 2.18. The standard InChI is InChI=1S/C12H27N3O/c1-11(10-16)12(2)13-4-5-15-8-6-14(3)7-9-15/h11-13,16H,4-10H2,1-3H3. The smallest absolute Gasteiger partial charge is 0.0471 e. The molecule has 2 unspecified atom stereocenters. The summed E-state index contributed by atoms with van der Waals surface area (Å²) in [4.78, 5) is 4.88. The summed E-state index contributed by atoms with van der Waals surface area (Å²) >= 11 is 0. The minimum Gasteiger partial charge on any atom is -0.396 e. The second-order valence-corrected chi connectivity index (χ2v) is 5.05. The van der Waals surface area contributed by atoms with Gasteiger partial charge in [0.25, 0.3) is 0 Å². The third kappa shape index (κ3) is 4.78. The molecular formula is C12H27N3O. The first-order valence-corrected chi connectivity index (χ1v) is 6.38. The summed E-state index contributed by atoms with van der Waals surface area (Å²) in [5.74, 6) is 0.340. The molecule has 2 atom stereocenters. The highest BCUT2D eigenvalue weighted by Gasteiger charge is 2.14. The summed E-state index contributed by atoms with van der Waals surface area (Å²) < 4.78 is 0. The van der Waals surface area contributed by atoms with Gasteiger partial charge >= 0.3 is 0 Å². The van der Waals surface area contributed by atoms with Crippen molar-refractivity contribution in [3.63, 3.8) is 0 Å². The van der Waals surface area contributed by atoms with Gasteiger partial charge in [0.2, 0.25) is 0 Å². The predicted octanol–water partition coefficient (Wildman–Crippen LogP) is -0.160. The average molecular weight is 229 g/mol. The number of likely N-dealkylation sites (N-methyl/N-ethyl adjacent to an activating group) is 1. The average Bonchev–Trinajstić information content (AvgIpc) is 2.30.